The number of benzene rings is 1. The van der Waals surface area contributed by atoms with Crippen LogP contribution in [0.2, 0.25) is 0 Å². The Labute approximate surface area is 147 Å². The van der Waals surface area contributed by atoms with Crippen molar-refractivity contribution in [2.45, 2.75) is 6.04 Å². The Balaban J connectivity index is 1.73. The monoisotopic (exact) mass is 365 g/mol. The van der Waals surface area contributed by atoms with Crippen LogP contribution >= 0.6 is 0 Å². The number of aryl methyl sites for hydroxylation is 1. The third-order valence-electron chi connectivity index (χ3n) is 4.65. The molecular weight excluding hydrogens is 342 g/mol. The summed E-state index contributed by atoms with van der Waals surface area (Å²) >= 11 is 0. The van der Waals surface area contributed by atoms with Gasteiger partial charge >= 0.3 is 0 Å². The molecule has 8 heteroatoms. The number of rotatable bonds is 5. The van der Waals surface area contributed by atoms with Crippen LogP contribution in [0, 0.1) is 5.92 Å². The summed E-state index contributed by atoms with van der Waals surface area (Å²) in [6, 6.07) is 7.20. The average molecular weight is 365 g/mol. The fourth-order valence-electron chi connectivity index (χ4n) is 3.00. The van der Waals surface area contributed by atoms with Crippen LogP contribution in [0.1, 0.15) is 10.4 Å². The minimum absolute atomic E-state index is 0.0399. The standard InChI is InChI=1S/C17H23N3O4S/c1-19(2)25(22,23)11-14-9-24-10-15(14)18-17(21)13-5-4-12-6-7-20(3)16(12)8-13/h4-8,14-15H,9-11H2,1-3H3,(H,18,21)/t14-,15+/m0/s1. The van der Waals surface area contributed by atoms with Crippen LogP contribution in [-0.4, -0.2) is 62.3 Å². The van der Waals surface area contributed by atoms with Gasteiger partial charge in [-0.1, -0.05) is 6.07 Å². The summed E-state index contributed by atoms with van der Waals surface area (Å²) in [7, 11) is 1.60. The van der Waals surface area contributed by atoms with Crippen LogP contribution in [0.25, 0.3) is 10.9 Å². The number of aromatic nitrogens is 1. The molecule has 0 spiro atoms. The number of hydrogen-bond donors (Lipinski definition) is 1. The van der Waals surface area contributed by atoms with Gasteiger partial charge in [0.1, 0.15) is 0 Å². The number of fused-ring (bicyclic) bond motifs is 1. The molecule has 2 heterocycles. The normalized spacial score (nSPS) is 21.1. The highest BCUT2D eigenvalue weighted by Gasteiger charge is 2.34. The molecule has 7 nitrogen and oxygen atoms in total. The molecule has 1 amide bonds. The SMILES string of the molecule is CN(C)S(=O)(=O)C[C@@H]1COC[C@H]1NC(=O)c1ccc2ccn(C)c2c1. The fraction of sp³-hybridized carbons (Fsp3) is 0.471. The highest BCUT2D eigenvalue weighted by molar-refractivity contribution is 7.89. The number of ether oxygens (including phenoxy) is 1. The Hall–Kier alpha value is -1.90. The molecule has 0 saturated carbocycles. The van der Waals surface area contributed by atoms with E-state index in [1.807, 2.05) is 36.0 Å². The molecule has 2 atom stereocenters. The highest BCUT2D eigenvalue weighted by atomic mass is 32.2. The third kappa shape index (κ3) is 3.70. The Kier molecular flexibility index (Phi) is 4.86. The fourth-order valence-corrected chi connectivity index (χ4v) is 4.17. The molecule has 2 aromatic rings. The van der Waals surface area contributed by atoms with Crippen molar-refractivity contribution in [2.75, 3.05) is 33.1 Å². The van der Waals surface area contributed by atoms with E-state index in [1.165, 1.54) is 18.4 Å². The Morgan fingerprint density at radius 1 is 1.32 bits per heavy atom. The lowest BCUT2D eigenvalue weighted by Gasteiger charge is -2.21. The minimum Gasteiger partial charge on any atom is -0.379 e. The van der Waals surface area contributed by atoms with Gasteiger partial charge in [-0.25, -0.2) is 12.7 Å². The van der Waals surface area contributed by atoms with Gasteiger partial charge in [-0.3, -0.25) is 4.79 Å². The molecule has 136 valence electrons. The minimum atomic E-state index is -3.34. The van der Waals surface area contributed by atoms with Crippen LogP contribution in [0.15, 0.2) is 30.5 Å². The molecule has 0 radical (unpaired) electrons. The van der Waals surface area contributed by atoms with E-state index >= 15 is 0 Å². The zero-order chi connectivity index (χ0) is 18.2. The van der Waals surface area contributed by atoms with E-state index in [4.69, 9.17) is 4.74 Å². The van der Waals surface area contributed by atoms with E-state index in [0.717, 1.165) is 10.9 Å². The van der Waals surface area contributed by atoms with Crippen molar-refractivity contribution in [1.29, 1.82) is 0 Å². The lowest BCUT2D eigenvalue weighted by Crippen LogP contribution is -2.43. The molecule has 0 unspecified atom stereocenters. The van der Waals surface area contributed by atoms with E-state index in [2.05, 4.69) is 5.32 Å². The lowest BCUT2D eigenvalue weighted by molar-refractivity contribution is 0.0926. The van der Waals surface area contributed by atoms with Gasteiger partial charge < -0.3 is 14.6 Å². The summed E-state index contributed by atoms with van der Waals surface area (Å²) in [6.45, 7) is 0.653. The van der Waals surface area contributed by atoms with Crippen LogP contribution < -0.4 is 5.32 Å². The lowest BCUT2D eigenvalue weighted by atomic mass is 10.1. The smallest absolute Gasteiger partial charge is 0.251 e. The zero-order valence-electron chi connectivity index (χ0n) is 14.6. The average Bonchev–Trinajstić information content (AvgIpc) is 3.14. The molecule has 1 aromatic carbocycles. The molecule has 1 N–H and O–H groups in total. The molecule has 1 aromatic heterocycles. The largest absolute Gasteiger partial charge is 0.379 e. The first-order chi connectivity index (χ1) is 11.8. The first-order valence-electron chi connectivity index (χ1n) is 8.12. The van der Waals surface area contributed by atoms with Crippen LogP contribution in [0.4, 0.5) is 0 Å². The molecule has 1 saturated heterocycles. The van der Waals surface area contributed by atoms with Gasteiger partial charge in [-0.2, -0.15) is 0 Å². The first-order valence-corrected chi connectivity index (χ1v) is 9.73. The van der Waals surface area contributed by atoms with E-state index in [-0.39, 0.29) is 23.6 Å². The second-order valence-corrected chi connectivity index (χ2v) is 8.87. The molecule has 3 rings (SSSR count). The summed E-state index contributed by atoms with van der Waals surface area (Å²) < 4.78 is 32.8. The summed E-state index contributed by atoms with van der Waals surface area (Å²) in [5.41, 5.74) is 1.53. The summed E-state index contributed by atoms with van der Waals surface area (Å²) in [5.74, 6) is -0.511. The van der Waals surface area contributed by atoms with Crippen molar-refractivity contribution in [2.24, 2.45) is 13.0 Å². The highest BCUT2D eigenvalue weighted by Crippen LogP contribution is 2.20. The van der Waals surface area contributed by atoms with Crippen molar-refractivity contribution in [1.82, 2.24) is 14.2 Å². The molecule has 1 aliphatic heterocycles. The number of carbonyl (C=O) groups is 1. The number of nitrogens with one attached hydrogen (secondary N) is 1. The van der Waals surface area contributed by atoms with Crippen LogP contribution in [0.5, 0.6) is 0 Å². The number of nitrogens with zero attached hydrogens (tertiary/aromatic N) is 2. The van der Waals surface area contributed by atoms with Crippen molar-refractivity contribution < 1.29 is 17.9 Å². The molecule has 1 aliphatic rings. The number of amides is 1. The van der Waals surface area contributed by atoms with Gasteiger partial charge in [0, 0.05) is 44.3 Å². The van der Waals surface area contributed by atoms with Gasteiger partial charge in [0.25, 0.3) is 5.91 Å². The molecule has 1 fully saturated rings. The molecular formula is C17H23N3O4S. The molecule has 0 aliphatic carbocycles. The van der Waals surface area contributed by atoms with Gasteiger partial charge in [-0.15, -0.1) is 0 Å². The van der Waals surface area contributed by atoms with Crippen molar-refractivity contribution >= 4 is 26.8 Å². The topological polar surface area (TPSA) is 80.6 Å². The van der Waals surface area contributed by atoms with Crippen LogP contribution in [-0.2, 0) is 21.8 Å². The van der Waals surface area contributed by atoms with E-state index in [9.17, 15) is 13.2 Å². The number of sulfonamides is 1. The van der Waals surface area contributed by atoms with E-state index in [1.54, 1.807) is 6.07 Å². The maximum absolute atomic E-state index is 12.6. The predicted molar refractivity (Wildman–Crippen MR) is 96.0 cm³/mol. The second kappa shape index (κ2) is 6.78. The van der Waals surface area contributed by atoms with Crippen molar-refractivity contribution in [3.05, 3.63) is 36.0 Å². The Morgan fingerprint density at radius 2 is 2.08 bits per heavy atom. The Bertz CT molecular complexity index is 888. The van der Waals surface area contributed by atoms with Crippen molar-refractivity contribution in [3.8, 4) is 0 Å². The molecule has 25 heavy (non-hydrogen) atoms. The van der Waals surface area contributed by atoms with Gasteiger partial charge in [-0.05, 0) is 23.6 Å². The number of carbonyl (C=O) groups excluding carboxylic acids is 1. The van der Waals surface area contributed by atoms with Crippen molar-refractivity contribution in [3.63, 3.8) is 0 Å². The van der Waals surface area contributed by atoms with Gasteiger partial charge in [0.05, 0.1) is 25.0 Å². The maximum Gasteiger partial charge on any atom is 0.251 e. The summed E-state index contributed by atoms with van der Waals surface area (Å²) in [6.07, 6.45) is 1.94. The first kappa shape index (κ1) is 17.9. The second-order valence-electron chi connectivity index (χ2n) is 6.64. The third-order valence-corrected chi connectivity index (χ3v) is 6.61. The predicted octanol–water partition coefficient (Wildman–Crippen LogP) is 0.815. The van der Waals surface area contributed by atoms with Gasteiger partial charge in [0.2, 0.25) is 10.0 Å². The number of hydrogen-bond acceptors (Lipinski definition) is 4. The molecule has 0 bridgehead atoms. The zero-order valence-corrected chi connectivity index (χ0v) is 15.4. The van der Waals surface area contributed by atoms with E-state index < -0.39 is 10.0 Å². The van der Waals surface area contributed by atoms with Gasteiger partial charge in [0.15, 0.2) is 0 Å². The van der Waals surface area contributed by atoms with Crippen LogP contribution in [0.3, 0.4) is 0 Å². The summed E-state index contributed by atoms with van der Waals surface area (Å²) in [5, 5.41) is 3.99. The Morgan fingerprint density at radius 3 is 2.80 bits per heavy atom. The maximum atomic E-state index is 12.6. The summed E-state index contributed by atoms with van der Waals surface area (Å²) in [4.78, 5) is 12.6. The van der Waals surface area contributed by atoms with E-state index in [0.29, 0.717) is 18.8 Å². The quantitative estimate of drug-likeness (QED) is 0.850.